The summed E-state index contributed by atoms with van der Waals surface area (Å²) in [5, 5.41) is 12.4. The number of hydrogen-bond acceptors (Lipinski definition) is 4. The predicted molar refractivity (Wildman–Crippen MR) is 107 cm³/mol. The van der Waals surface area contributed by atoms with E-state index in [1.165, 1.54) is 0 Å². The molecule has 128 valence electrons. The number of rotatable bonds is 4. The normalized spacial score (nSPS) is 11.2. The smallest absolute Gasteiger partial charge is 0.216 e. The Morgan fingerprint density at radius 2 is 1.88 bits per heavy atom. The highest BCUT2D eigenvalue weighted by Crippen LogP contribution is 2.25. The maximum absolute atomic E-state index is 6.19. The molecule has 8 heteroatoms. The van der Waals surface area contributed by atoms with Gasteiger partial charge in [0.1, 0.15) is 0 Å². The first-order valence-corrected chi connectivity index (χ1v) is 8.57. The van der Waals surface area contributed by atoms with Crippen LogP contribution in [-0.4, -0.2) is 35.2 Å². The Morgan fingerprint density at radius 3 is 2.56 bits per heavy atom. The average Bonchev–Trinajstić information content (AvgIpc) is 2.97. The van der Waals surface area contributed by atoms with Crippen LogP contribution in [0.1, 0.15) is 5.56 Å². The van der Waals surface area contributed by atoms with E-state index in [2.05, 4.69) is 15.3 Å². The summed E-state index contributed by atoms with van der Waals surface area (Å²) in [6.45, 7) is 0. The highest BCUT2D eigenvalue weighted by atomic mass is 35.5. The minimum atomic E-state index is 0.390. The molecule has 0 fully saturated rings. The maximum Gasteiger partial charge on any atom is 0.216 e. The van der Waals surface area contributed by atoms with Gasteiger partial charge in [-0.25, -0.2) is 5.10 Å². The molecule has 3 aromatic rings. The number of aromatic nitrogens is 3. The van der Waals surface area contributed by atoms with Gasteiger partial charge in [0.25, 0.3) is 0 Å². The number of nitrogens with zero attached hydrogens (tertiary/aromatic N) is 4. The molecule has 0 radical (unpaired) electrons. The summed E-state index contributed by atoms with van der Waals surface area (Å²) in [7, 11) is 3.98. The SMILES string of the molecule is CN(C)c1ccc(-c2n[nH]c(=S)n2/N=C\c2cccc(Cl)c2Cl)cc1. The number of aromatic amines is 1. The fourth-order valence-electron chi connectivity index (χ4n) is 2.23. The van der Waals surface area contributed by atoms with Crippen LogP contribution in [-0.2, 0) is 0 Å². The van der Waals surface area contributed by atoms with Crippen molar-refractivity contribution in [2.75, 3.05) is 19.0 Å². The Bertz CT molecular complexity index is 973. The highest BCUT2D eigenvalue weighted by Gasteiger charge is 2.09. The third kappa shape index (κ3) is 3.76. The Morgan fingerprint density at radius 1 is 1.16 bits per heavy atom. The van der Waals surface area contributed by atoms with Gasteiger partial charge in [0.2, 0.25) is 4.77 Å². The fraction of sp³-hybridized carbons (Fsp3) is 0.118. The van der Waals surface area contributed by atoms with Gasteiger partial charge in [-0.1, -0.05) is 35.3 Å². The second-order valence-corrected chi connectivity index (χ2v) is 6.66. The van der Waals surface area contributed by atoms with Crippen molar-refractivity contribution in [3.8, 4) is 11.4 Å². The highest BCUT2D eigenvalue weighted by molar-refractivity contribution is 7.71. The summed E-state index contributed by atoms with van der Waals surface area (Å²) in [4.78, 5) is 2.03. The Labute approximate surface area is 160 Å². The van der Waals surface area contributed by atoms with Gasteiger partial charge in [-0.3, -0.25) is 0 Å². The molecule has 0 spiro atoms. The largest absolute Gasteiger partial charge is 0.378 e. The maximum atomic E-state index is 6.19. The molecule has 5 nitrogen and oxygen atoms in total. The summed E-state index contributed by atoms with van der Waals surface area (Å²) in [5.41, 5.74) is 2.69. The van der Waals surface area contributed by atoms with E-state index in [0.29, 0.717) is 26.2 Å². The lowest BCUT2D eigenvalue weighted by molar-refractivity contribution is 0.871. The van der Waals surface area contributed by atoms with E-state index in [9.17, 15) is 0 Å². The molecular formula is C17H15Cl2N5S. The molecule has 0 aliphatic rings. The van der Waals surface area contributed by atoms with Crippen LogP contribution in [0.5, 0.6) is 0 Å². The summed E-state index contributed by atoms with van der Waals surface area (Å²) >= 11 is 17.5. The standard InChI is InChI=1S/C17H15Cl2N5S/c1-23(2)13-8-6-11(7-9-13)16-21-22-17(25)24(16)20-10-12-4-3-5-14(18)15(12)19/h3-10H,1-2H3,(H,22,25)/b20-10-. The van der Waals surface area contributed by atoms with E-state index in [-0.39, 0.29) is 0 Å². The molecule has 0 atom stereocenters. The zero-order valence-corrected chi connectivity index (χ0v) is 15.9. The number of hydrogen-bond donors (Lipinski definition) is 1. The molecule has 0 bridgehead atoms. The third-order valence-electron chi connectivity index (χ3n) is 3.59. The minimum absolute atomic E-state index is 0.390. The number of H-pyrrole nitrogens is 1. The van der Waals surface area contributed by atoms with E-state index in [1.54, 1.807) is 17.0 Å². The van der Waals surface area contributed by atoms with E-state index < -0.39 is 0 Å². The molecule has 0 aliphatic carbocycles. The lowest BCUT2D eigenvalue weighted by Gasteiger charge is -2.12. The van der Waals surface area contributed by atoms with E-state index in [1.807, 2.05) is 55.4 Å². The quantitative estimate of drug-likeness (QED) is 0.510. The lowest BCUT2D eigenvalue weighted by atomic mass is 10.2. The first kappa shape index (κ1) is 17.7. The topological polar surface area (TPSA) is 49.2 Å². The van der Waals surface area contributed by atoms with Crippen molar-refractivity contribution in [2.45, 2.75) is 0 Å². The Kier molecular flexibility index (Phi) is 5.22. The van der Waals surface area contributed by atoms with Crippen LogP contribution in [0.15, 0.2) is 47.6 Å². The van der Waals surface area contributed by atoms with Crippen LogP contribution < -0.4 is 4.90 Å². The summed E-state index contributed by atoms with van der Waals surface area (Å²) in [6, 6.07) is 13.3. The van der Waals surface area contributed by atoms with Crippen molar-refractivity contribution in [2.24, 2.45) is 5.10 Å². The van der Waals surface area contributed by atoms with Crippen molar-refractivity contribution >= 4 is 47.3 Å². The molecule has 2 aromatic carbocycles. The van der Waals surface area contributed by atoms with Crippen LogP contribution in [0.3, 0.4) is 0 Å². The van der Waals surface area contributed by atoms with Crippen molar-refractivity contribution < 1.29 is 0 Å². The monoisotopic (exact) mass is 391 g/mol. The second-order valence-electron chi connectivity index (χ2n) is 5.49. The molecular weight excluding hydrogens is 377 g/mol. The first-order valence-electron chi connectivity index (χ1n) is 7.41. The van der Waals surface area contributed by atoms with Crippen molar-refractivity contribution in [1.29, 1.82) is 0 Å². The van der Waals surface area contributed by atoms with Crippen molar-refractivity contribution in [3.63, 3.8) is 0 Å². The summed E-state index contributed by atoms with van der Waals surface area (Å²) in [5.74, 6) is 0.615. The van der Waals surface area contributed by atoms with Crippen LogP contribution >= 0.6 is 35.4 Å². The predicted octanol–water partition coefficient (Wildman–Crippen LogP) is 4.86. The Hall–Kier alpha value is -2.15. The van der Waals surface area contributed by atoms with Gasteiger partial charge in [-0.2, -0.15) is 14.9 Å². The zero-order valence-electron chi connectivity index (χ0n) is 13.6. The van der Waals surface area contributed by atoms with Crippen LogP contribution in [0, 0.1) is 4.77 Å². The number of benzene rings is 2. The summed E-state index contributed by atoms with van der Waals surface area (Å²) in [6.07, 6.45) is 1.61. The van der Waals surface area contributed by atoms with Crippen LogP contribution in [0.25, 0.3) is 11.4 Å². The van der Waals surface area contributed by atoms with E-state index >= 15 is 0 Å². The van der Waals surface area contributed by atoms with Gasteiger partial charge in [0.05, 0.1) is 16.3 Å². The molecule has 0 amide bonds. The molecule has 3 rings (SSSR count). The van der Waals surface area contributed by atoms with Crippen molar-refractivity contribution in [1.82, 2.24) is 14.9 Å². The van der Waals surface area contributed by atoms with Crippen LogP contribution in [0.2, 0.25) is 10.0 Å². The van der Waals surface area contributed by atoms with E-state index in [4.69, 9.17) is 35.4 Å². The molecule has 0 saturated heterocycles. The Balaban J connectivity index is 1.98. The van der Waals surface area contributed by atoms with Gasteiger partial charge in [-0.15, -0.1) is 0 Å². The van der Waals surface area contributed by atoms with E-state index in [0.717, 1.165) is 11.3 Å². The molecule has 0 saturated carbocycles. The van der Waals surface area contributed by atoms with Gasteiger partial charge in [0.15, 0.2) is 5.82 Å². The molecule has 1 heterocycles. The molecule has 25 heavy (non-hydrogen) atoms. The number of halogens is 2. The van der Waals surface area contributed by atoms with Gasteiger partial charge < -0.3 is 4.90 Å². The number of nitrogens with one attached hydrogen (secondary N) is 1. The minimum Gasteiger partial charge on any atom is -0.378 e. The van der Waals surface area contributed by atoms with Crippen LogP contribution in [0.4, 0.5) is 5.69 Å². The average molecular weight is 392 g/mol. The molecule has 0 unspecified atom stereocenters. The third-order valence-corrected chi connectivity index (χ3v) is 4.68. The first-order chi connectivity index (χ1) is 12.0. The van der Waals surface area contributed by atoms with Gasteiger partial charge >= 0.3 is 0 Å². The number of anilines is 1. The lowest BCUT2D eigenvalue weighted by Crippen LogP contribution is -2.08. The molecule has 1 N–H and O–H groups in total. The second kappa shape index (κ2) is 7.39. The van der Waals surface area contributed by atoms with Gasteiger partial charge in [-0.05, 0) is 42.5 Å². The van der Waals surface area contributed by atoms with Gasteiger partial charge in [0, 0.05) is 30.9 Å². The fourth-order valence-corrected chi connectivity index (χ4v) is 2.77. The molecule has 1 aromatic heterocycles. The zero-order chi connectivity index (χ0) is 18.0. The molecule has 0 aliphatic heterocycles. The van der Waals surface area contributed by atoms with Crippen molar-refractivity contribution in [3.05, 3.63) is 62.8 Å². The summed E-state index contributed by atoms with van der Waals surface area (Å²) < 4.78 is 1.94.